The quantitative estimate of drug-likeness (QED) is 0.634. The summed E-state index contributed by atoms with van der Waals surface area (Å²) in [7, 11) is 0. The molecule has 0 fully saturated rings. The Kier molecular flexibility index (Phi) is 4.00. The van der Waals surface area contributed by atoms with Crippen LogP contribution in [0.25, 0.3) is 0 Å². The van der Waals surface area contributed by atoms with Gasteiger partial charge in [-0.3, -0.25) is 4.79 Å². The first kappa shape index (κ1) is 14.4. The molecule has 4 heteroatoms. The second-order valence-corrected chi connectivity index (χ2v) is 5.21. The highest BCUT2D eigenvalue weighted by Crippen LogP contribution is 2.43. The summed E-state index contributed by atoms with van der Waals surface area (Å²) in [5, 5.41) is 0. The average Bonchev–Trinajstić information content (AvgIpc) is 2.96. The van der Waals surface area contributed by atoms with Crippen LogP contribution in [0.2, 0.25) is 0 Å². The van der Waals surface area contributed by atoms with Gasteiger partial charge in [-0.1, -0.05) is 37.3 Å². The van der Waals surface area contributed by atoms with Gasteiger partial charge in [0.1, 0.15) is 5.75 Å². The largest absolute Gasteiger partial charge is 0.454 e. The molecular weight excluding hydrogens is 280 g/mol. The Labute approximate surface area is 129 Å². The Balaban J connectivity index is 2.09. The monoisotopic (exact) mass is 298 g/mol. The molecule has 1 heterocycles. The molecule has 1 atom stereocenters. The molecule has 0 saturated heterocycles. The normalized spacial score (nSPS) is 13.7. The highest BCUT2D eigenvalue weighted by molar-refractivity contribution is 5.71. The van der Waals surface area contributed by atoms with Crippen molar-refractivity contribution in [3.8, 4) is 17.2 Å². The minimum Gasteiger partial charge on any atom is -0.454 e. The molecule has 2 aromatic rings. The van der Waals surface area contributed by atoms with E-state index in [2.05, 4.69) is 19.1 Å². The minimum atomic E-state index is -0.344. The maximum Gasteiger partial charge on any atom is 0.308 e. The van der Waals surface area contributed by atoms with Crippen molar-refractivity contribution < 1.29 is 19.0 Å². The summed E-state index contributed by atoms with van der Waals surface area (Å²) < 4.78 is 16.2. The van der Waals surface area contributed by atoms with E-state index in [0.29, 0.717) is 17.2 Å². The predicted molar refractivity (Wildman–Crippen MR) is 82.5 cm³/mol. The van der Waals surface area contributed by atoms with Gasteiger partial charge in [-0.25, -0.2) is 0 Å². The Morgan fingerprint density at radius 1 is 1.18 bits per heavy atom. The fourth-order valence-corrected chi connectivity index (χ4v) is 2.78. The van der Waals surface area contributed by atoms with Gasteiger partial charge in [0.25, 0.3) is 0 Å². The third-order valence-corrected chi connectivity index (χ3v) is 3.74. The van der Waals surface area contributed by atoms with Crippen LogP contribution in [0.3, 0.4) is 0 Å². The first-order chi connectivity index (χ1) is 10.7. The number of rotatable bonds is 4. The number of esters is 1. The van der Waals surface area contributed by atoms with Crippen molar-refractivity contribution >= 4 is 5.97 Å². The van der Waals surface area contributed by atoms with Gasteiger partial charge in [-0.05, 0) is 18.1 Å². The molecule has 0 amide bonds. The van der Waals surface area contributed by atoms with Crippen LogP contribution in [0, 0.1) is 0 Å². The Bertz CT molecular complexity index is 679. The Morgan fingerprint density at radius 2 is 1.86 bits per heavy atom. The summed E-state index contributed by atoms with van der Waals surface area (Å²) in [5.74, 6) is 1.63. The van der Waals surface area contributed by atoms with Gasteiger partial charge in [0.05, 0.1) is 0 Å². The van der Waals surface area contributed by atoms with Gasteiger partial charge in [0.2, 0.25) is 6.79 Å². The van der Waals surface area contributed by atoms with Gasteiger partial charge in [0, 0.05) is 24.5 Å². The smallest absolute Gasteiger partial charge is 0.308 e. The standard InChI is InChI=1S/C18H18O4/c1-3-14(13-7-5-4-6-8-13)15-9-17-18(21-11-20-17)10-16(15)22-12(2)19/h4-10,14H,3,11H2,1-2H3. The number of fused-ring (bicyclic) bond motifs is 1. The first-order valence-corrected chi connectivity index (χ1v) is 7.36. The van der Waals surface area contributed by atoms with E-state index in [1.54, 1.807) is 6.07 Å². The topological polar surface area (TPSA) is 44.8 Å². The van der Waals surface area contributed by atoms with Crippen LogP contribution >= 0.6 is 0 Å². The van der Waals surface area contributed by atoms with E-state index >= 15 is 0 Å². The summed E-state index contributed by atoms with van der Waals surface area (Å²) in [6.45, 7) is 3.71. The molecule has 0 aliphatic carbocycles. The summed E-state index contributed by atoms with van der Waals surface area (Å²) in [6.07, 6.45) is 0.887. The molecule has 0 N–H and O–H groups in total. The highest BCUT2D eigenvalue weighted by Gasteiger charge is 2.24. The number of hydrogen-bond acceptors (Lipinski definition) is 4. The molecule has 0 aromatic heterocycles. The maximum atomic E-state index is 11.4. The molecule has 0 bridgehead atoms. The van der Waals surface area contributed by atoms with Crippen molar-refractivity contribution in [3.63, 3.8) is 0 Å². The van der Waals surface area contributed by atoms with Gasteiger partial charge in [-0.2, -0.15) is 0 Å². The van der Waals surface area contributed by atoms with Gasteiger partial charge >= 0.3 is 5.97 Å². The number of ether oxygens (including phenoxy) is 3. The van der Waals surface area contributed by atoms with E-state index in [9.17, 15) is 4.79 Å². The van der Waals surface area contributed by atoms with E-state index in [1.165, 1.54) is 12.5 Å². The molecule has 1 aliphatic rings. The van der Waals surface area contributed by atoms with Crippen molar-refractivity contribution in [2.24, 2.45) is 0 Å². The number of carbonyl (C=O) groups excluding carboxylic acids is 1. The molecule has 2 aromatic carbocycles. The number of benzene rings is 2. The van der Waals surface area contributed by atoms with Crippen molar-refractivity contribution in [2.45, 2.75) is 26.2 Å². The average molecular weight is 298 g/mol. The summed E-state index contributed by atoms with van der Waals surface area (Å²) in [5.41, 5.74) is 2.12. The lowest BCUT2D eigenvalue weighted by molar-refractivity contribution is -0.131. The Hall–Kier alpha value is -2.49. The lowest BCUT2D eigenvalue weighted by Crippen LogP contribution is -2.07. The van der Waals surface area contributed by atoms with Crippen LogP contribution < -0.4 is 14.2 Å². The molecule has 0 radical (unpaired) electrons. The maximum absolute atomic E-state index is 11.4. The zero-order valence-corrected chi connectivity index (χ0v) is 12.7. The van der Waals surface area contributed by atoms with Crippen LogP contribution in [-0.2, 0) is 4.79 Å². The molecule has 0 spiro atoms. The zero-order valence-electron chi connectivity index (χ0n) is 12.7. The minimum absolute atomic E-state index is 0.130. The second-order valence-electron chi connectivity index (χ2n) is 5.21. The van der Waals surface area contributed by atoms with Crippen LogP contribution in [-0.4, -0.2) is 12.8 Å². The van der Waals surface area contributed by atoms with Gasteiger partial charge in [0.15, 0.2) is 11.5 Å². The van der Waals surface area contributed by atoms with E-state index in [4.69, 9.17) is 14.2 Å². The second kappa shape index (κ2) is 6.10. The number of carbonyl (C=O) groups is 1. The van der Waals surface area contributed by atoms with Crippen LogP contribution in [0.1, 0.15) is 37.3 Å². The fraction of sp³-hybridized carbons (Fsp3) is 0.278. The Morgan fingerprint density at radius 3 is 2.50 bits per heavy atom. The molecule has 1 aliphatic heterocycles. The molecular formula is C18H18O4. The molecule has 114 valence electrons. The number of hydrogen-bond donors (Lipinski definition) is 0. The summed E-state index contributed by atoms with van der Waals surface area (Å²) in [6, 6.07) is 13.8. The van der Waals surface area contributed by atoms with E-state index in [0.717, 1.165) is 12.0 Å². The van der Waals surface area contributed by atoms with Crippen LogP contribution in [0.4, 0.5) is 0 Å². The van der Waals surface area contributed by atoms with Crippen LogP contribution in [0.5, 0.6) is 17.2 Å². The lowest BCUT2D eigenvalue weighted by Gasteiger charge is -2.19. The van der Waals surface area contributed by atoms with Gasteiger partial charge in [-0.15, -0.1) is 0 Å². The molecule has 4 nitrogen and oxygen atoms in total. The van der Waals surface area contributed by atoms with E-state index in [1.807, 2.05) is 24.3 Å². The van der Waals surface area contributed by atoms with E-state index in [-0.39, 0.29) is 18.7 Å². The SMILES string of the molecule is CCC(c1ccccc1)c1cc2c(cc1OC(C)=O)OCO2. The van der Waals surface area contributed by atoms with Gasteiger partial charge < -0.3 is 14.2 Å². The molecule has 0 saturated carbocycles. The predicted octanol–water partition coefficient (Wildman–Crippen LogP) is 3.88. The zero-order chi connectivity index (χ0) is 15.5. The fourth-order valence-electron chi connectivity index (χ4n) is 2.78. The molecule has 1 unspecified atom stereocenters. The highest BCUT2D eigenvalue weighted by atomic mass is 16.7. The van der Waals surface area contributed by atoms with E-state index < -0.39 is 0 Å². The molecule has 22 heavy (non-hydrogen) atoms. The summed E-state index contributed by atoms with van der Waals surface area (Å²) >= 11 is 0. The third-order valence-electron chi connectivity index (χ3n) is 3.74. The van der Waals surface area contributed by atoms with Crippen LogP contribution in [0.15, 0.2) is 42.5 Å². The van der Waals surface area contributed by atoms with Crippen molar-refractivity contribution in [1.29, 1.82) is 0 Å². The van der Waals surface area contributed by atoms with Crippen molar-refractivity contribution in [3.05, 3.63) is 53.6 Å². The lowest BCUT2D eigenvalue weighted by atomic mass is 9.88. The first-order valence-electron chi connectivity index (χ1n) is 7.36. The van der Waals surface area contributed by atoms with Crippen molar-refractivity contribution in [1.82, 2.24) is 0 Å². The van der Waals surface area contributed by atoms with Crippen molar-refractivity contribution in [2.75, 3.05) is 6.79 Å². The molecule has 3 rings (SSSR count). The summed E-state index contributed by atoms with van der Waals surface area (Å²) in [4.78, 5) is 11.4. The third kappa shape index (κ3) is 2.77.